The van der Waals surface area contributed by atoms with E-state index in [-0.39, 0.29) is 5.82 Å². The molecule has 0 atom stereocenters. The van der Waals surface area contributed by atoms with E-state index in [4.69, 9.17) is 0 Å². The molecule has 0 unspecified atom stereocenters. The summed E-state index contributed by atoms with van der Waals surface area (Å²) in [6, 6.07) is 24.5. The monoisotopic (exact) mass is 354 g/mol. The van der Waals surface area contributed by atoms with Crippen molar-refractivity contribution in [1.29, 1.82) is 0 Å². The number of para-hydroxylation sites is 1. The fraction of sp³-hybridized carbons (Fsp3) is 0. The molecule has 0 spiro atoms. The van der Waals surface area contributed by atoms with E-state index in [2.05, 4.69) is 32.8 Å². The summed E-state index contributed by atoms with van der Waals surface area (Å²) < 4.78 is 17.1. The van der Waals surface area contributed by atoms with Gasteiger partial charge < -0.3 is 0 Å². The van der Waals surface area contributed by atoms with Crippen LogP contribution in [0, 0.1) is 5.82 Å². The van der Waals surface area contributed by atoms with E-state index < -0.39 is 0 Å². The average molecular weight is 354 g/mol. The lowest BCUT2D eigenvalue weighted by Crippen LogP contribution is -1.99. The van der Waals surface area contributed by atoms with Crippen molar-refractivity contribution in [2.24, 2.45) is 0 Å². The van der Waals surface area contributed by atoms with Crippen LogP contribution in [0.15, 0.2) is 91.4 Å². The second-order valence-electron chi connectivity index (χ2n) is 6.26. The van der Waals surface area contributed by atoms with Gasteiger partial charge in [0.1, 0.15) is 12.1 Å². The summed E-state index contributed by atoms with van der Waals surface area (Å²) in [6.45, 7) is 0. The van der Waals surface area contributed by atoms with Gasteiger partial charge in [-0.2, -0.15) is 5.10 Å². The normalized spacial score (nSPS) is 11.1. The van der Waals surface area contributed by atoms with E-state index in [0.29, 0.717) is 0 Å². The van der Waals surface area contributed by atoms with Crippen LogP contribution in [0.2, 0.25) is 0 Å². The Hall–Kier alpha value is -3.73. The molecular weight excluding hydrogens is 339 g/mol. The van der Waals surface area contributed by atoms with Crippen LogP contribution in [0.25, 0.3) is 33.7 Å². The van der Waals surface area contributed by atoms with Crippen LogP contribution in [0.5, 0.6) is 0 Å². The molecule has 5 aromatic rings. The summed E-state index contributed by atoms with van der Waals surface area (Å²) in [5, 5.41) is 4.41. The Bertz CT molecular complexity index is 1220. The molecule has 0 fully saturated rings. The zero-order valence-corrected chi connectivity index (χ0v) is 14.3. The Labute approximate surface area is 155 Å². The zero-order valence-electron chi connectivity index (χ0n) is 14.3. The summed E-state index contributed by atoms with van der Waals surface area (Å²) in [4.78, 5) is 4.51. The van der Waals surface area contributed by atoms with Gasteiger partial charge >= 0.3 is 0 Å². The lowest BCUT2D eigenvalue weighted by Gasteiger charge is -2.09. The molecule has 0 aliphatic carbocycles. The number of nitrogens with zero attached hydrogens (tertiary/aromatic N) is 4. The van der Waals surface area contributed by atoms with E-state index in [9.17, 15) is 4.39 Å². The van der Waals surface area contributed by atoms with Crippen molar-refractivity contribution < 1.29 is 4.39 Å². The van der Waals surface area contributed by atoms with E-state index in [1.807, 2.05) is 47.4 Å². The van der Waals surface area contributed by atoms with Crippen LogP contribution in [0.1, 0.15) is 0 Å². The Kier molecular flexibility index (Phi) is 3.57. The van der Waals surface area contributed by atoms with E-state index in [1.165, 1.54) is 12.1 Å². The molecule has 0 N–H and O–H groups in total. The highest BCUT2D eigenvalue weighted by atomic mass is 19.1. The lowest BCUT2D eigenvalue weighted by molar-refractivity contribution is 0.627. The van der Waals surface area contributed by atoms with Crippen LogP contribution >= 0.6 is 0 Å². The zero-order chi connectivity index (χ0) is 18.2. The molecular formula is C22H15FN4. The van der Waals surface area contributed by atoms with Crippen molar-refractivity contribution in [3.63, 3.8) is 0 Å². The van der Waals surface area contributed by atoms with Gasteiger partial charge in [0.15, 0.2) is 0 Å². The number of halogens is 1. The molecule has 0 saturated carbocycles. The summed E-state index contributed by atoms with van der Waals surface area (Å²) >= 11 is 0. The molecule has 130 valence electrons. The molecule has 5 heteroatoms. The molecule has 2 heterocycles. The highest BCUT2D eigenvalue weighted by Crippen LogP contribution is 2.27. The van der Waals surface area contributed by atoms with Crippen molar-refractivity contribution in [1.82, 2.24) is 19.3 Å². The molecule has 4 nitrogen and oxygen atoms in total. The third-order valence-corrected chi connectivity index (χ3v) is 4.59. The number of fused-ring (bicyclic) bond motifs is 1. The Morgan fingerprint density at radius 1 is 0.778 bits per heavy atom. The molecule has 0 saturated heterocycles. The first-order chi connectivity index (χ1) is 13.3. The highest BCUT2D eigenvalue weighted by molar-refractivity contribution is 5.83. The number of hydrogen-bond acceptors (Lipinski definition) is 2. The quantitative estimate of drug-likeness (QED) is 0.456. The maximum Gasteiger partial charge on any atom is 0.123 e. The average Bonchev–Trinajstić information content (AvgIpc) is 3.36. The Morgan fingerprint density at radius 3 is 2.41 bits per heavy atom. The fourth-order valence-electron chi connectivity index (χ4n) is 3.27. The first-order valence-corrected chi connectivity index (χ1v) is 8.62. The molecule has 3 aromatic carbocycles. The summed E-state index contributed by atoms with van der Waals surface area (Å²) in [5.41, 5.74) is 5.77. The smallest absolute Gasteiger partial charge is 0.123 e. The second kappa shape index (κ2) is 6.21. The number of imidazole rings is 1. The van der Waals surface area contributed by atoms with Crippen molar-refractivity contribution in [2.75, 3.05) is 0 Å². The molecule has 5 rings (SSSR count). The predicted octanol–water partition coefficient (Wildman–Crippen LogP) is 5.02. The second-order valence-corrected chi connectivity index (χ2v) is 6.26. The standard InChI is InChI=1S/C22H15FN4/c23-17-7-9-19(10-8-17)27-21(12-13-25-27)16-6-11-20-22(14-16)26(15-24-20)18-4-2-1-3-5-18/h1-15H. The summed E-state index contributed by atoms with van der Waals surface area (Å²) in [6.07, 6.45) is 3.58. The van der Waals surface area contributed by atoms with Crippen molar-refractivity contribution in [2.45, 2.75) is 0 Å². The number of hydrogen-bond donors (Lipinski definition) is 0. The molecule has 27 heavy (non-hydrogen) atoms. The first kappa shape index (κ1) is 15.5. The molecule has 0 aliphatic heterocycles. The molecule has 2 aromatic heterocycles. The minimum absolute atomic E-state index is 0.263. The first-order valence-electron chi connectivity index (χ1n) is 8.62. The largest absolute Gasteiger partial charge is 0.299 e. The maximum absolute atomic E-state index is 13.3. The van der Waals surface area contributed by atoms with Gasteiger partial charge in [0, 0.05) is 11.3 Å². The number of rotatable bonds is 3. The van der Waals surface area contributed by atoms with E-state index >= 15 is 0 Å². The van der Waals surface area contributed by atoms with Gasteiger partial charge in [0.25, 0.3) is 0 Å². The fourth-order valence-corrected chi connectivity index (χ4v) is 3.27. The molecule has 0 aliphatic rings. The molecule has 0 bridgehead atoms. The van der Waals surface area contributed by atoms with Gasteiger partial charge in [0.2, 0.25) is 0 Å². The van der Waals surface area contributed by atoms with Crippen molar-refractivity contribution >= 4 is 11.0 Å². The van der Waals surface area contributed by atoms with Crippen LogP contribution in [-0.4, -0.2) is 19.3 Å². The van der Waals surface area contributed by atoms with Crippen LogP contribution in [0.3, 0.4) is 0 Å². The predicted molar refractivity (Wildman–Crippen MR) is 104 cm³/mol. The van der Waals surface area contributed by atoms with Gasteiger partial charge in [-0.1, -0.05) is 24.3 Å². The van der Waals surface area contributed by atoms with Crippen LogP contribution < -0.4 is 0 Å². The Balaban J connectivity index is 1.65. The SMILES string of the molecule is Fc1ccc(-n2nccc2-c2ccc3ncn(-c4ccccc4)c3c2)cc1. The van der Waals surface area contributed by atoms with Crippen LogP contribution in [-0.2, 0) is 0 Å². The topological polar surface area (TPSA) is 35.6 Å². The number of benzene rings is 3. The highest BCUT2D eigenvalue weighted by Gasteiger charge is 2.11. The third kappa shape index (κ3) is 2.69. The van der Waals surface area contributed by atoms with Crippen molar-refractivity contribution in [3.05, 3.63) is 97.2 Å². The lowest BCUT2D eigenvalue weighted by atomic mass is 10.1. The van der Waals surface area contributed by atoms with Crippen LogP contribution in [0.4, 0.5) is 4.39 Å². The van der Waals surface area contributed by atoms with Gasteiger partial charge in [-0.15, -0.1) is 0 Å². The molecule has 0 radical (unpaired) electrons. The van der Waals surface area contributed by atoms with E-state index in [1.54, 1.807) is 18.3 Å². The Morgan fingerprint density at radius 2 is 1.59 bits per heavy atom. The molecule has 0 amide bonds. The van der Waals surface area contributed by atoms with Gasteiger partial charge in [0.05, 0.1) is 28.6 Å². The maximum atomic E-state index is 13.3. The number of aromatic nitrogens is 4. The summed E-state index contributed by atoms with van der Waals surface area (Å²) in [7, 11) is 0. The van der Waals surface area contributed by atoms with Gasteiger partial charge in [-0.3, -0.25) is 4.57 Å². The third-order valence-electron chi connectivity index (χ3n) is 4.59. The minimum atomic E-state index is -0.263. The van der Waals surface area contributed by atoms with Gasteiger partial charge in [-0.25, -0.2) is 14.1 Å². The summed E-state index contributed by atoms with van der Waals surface area (Å²) in [5.74, 6) is -0.263. The minimum Gasteiger partial charge on any atom is -0.299 e. The van der Waals surface area contributed by atoms with Crippen molar-refractivity contribution in [3.8, 4) is 22.6 Å². The van der Waals surface area contributed by atoms with Gasteiger partial charge in [-0.05, 0) is 54.6 Å². The van der Waals surface area contributed by atoms with E-state index in [0.717, 1.165) is 33.7 Å².